The summed E-state index contributed by atoms with van der Waals surface area (Å²) in [6.45, 7) is 0. The van der Waals surface area contributed by atoms with Crippen molar-refractivity contribution >= 4 is 32.7 Å². The van der Waals surface area contributed by atoms with Crippen LogP contribution in [-0.2, 0) is 0 Å². The van der Waals surface area contributed by atoms with E-state index in [1.165, 1.54) is 0 Å². The summed E-state index contributed by atoms with van der Waals surface area (Å²) in [4.78, 5) is 8.32. The fourth-order valence-corrected chi connectivity index (χ4v) is 1.30. The van der Waals surface area contributed by atoms with Crippen LogP contribution in [0.4, 0.5) is 5.69 Å². The highest BCUT2D eigenvalue weighted by Gasteiger charge is 2.00. The van der Waals surface area contributed by atoms with E-state index >= 15 is 0 Å². The Morgan fingerprint density at radius 1 is 1.33 bits per heavy atom. The Bertz CT molecular complexity index is 387. The molecule has 0 aliphatic heterocycles. The van der Waals surface area contributed by atoms with Crippen LogP contribution in [0.25, 0.3) is 11.0 Å². The monoisotopic (exact) mass is 223 g/mol. The lowest BCUT2D eigenvalue weighted by molar-refractivity contribution is 1.31. The second kappa shape index (κ2) is 2.71. The van der Waals surface area contributed by atoms with E-state index < -0.39 is 0 Å². The molecule has 2 rings (SSSR count). The quantitative estimate of drug-likeness (QED) is 0.696. The molecule has 0 saturated heterocycles. The Hall–Kier alpha value is -1.16. The Labute approximate surface area is 77.8 Å². The number of aromatic nitrogens is 2. The van der Waals surface area contributed by atoms with Gasteiger partial charge in [-0.15, -0.1) is 0 Å². The maximum atomic E-state index is 5.64. The Balaban J connectivity index is 2.84. The minimum Gasteiger partial charge on any atom is -0.396 e. The van der Waals surface area contributed by atoms with Crippen LogP contribution in [0, 0.1) is 0 Å². The average Bonchev–Trinajstić information content (AvgIpc) is 2.07. The molecule has 2 heterocycles. The minimum atomic E-state index is 0.612. The first-order valence-corrected chi connectivity index (χ1v) is 4.23. The van der Waals surface area contributed by atoms with Gasteiger partial charge in [-0.2, -0.15) is 0 Å². The van der Waals surface area contributed by atoms with E-state index in [-0.39, 0.29) is 0 Å². The van der Waals surface area contributed by atoms with Crippen LogP contribution < -0.4 is 5.73 Å². The van der Waals surface area contributed by atoms with Crippen molar-refractivity contribution in [2.75, 3.05) is 5.73 Å². The third kappa shape index (κ3) is 1.14. The minimum absolute atomic E-state index is 0.612. The number of nitrogens with two attached hydrogens (primary N) is 1. The smallest absolute Gasteiger partial charge is 0.129 e. The molecule has 0 radical (unpaired) electrons. The van der Waals surface area contributed by atoms with Gasteiger partial charge in [0.15, 0.2) is 0 Å². The van der Waals surface area contributed by atoms with Gasteiger partial charge in [0, 0.05) is 6.20 Å². The third-order valence-corrected chi connectivity index (χ3v) is 2.20. The van der Waals surface area contributed by atoms with E-state index in [0.29, 0.717) is 10.3 Å². The molecule has 2 aromatic heterocycles. The second-order valence-electron chi connectivity index (χ2n) is 2.41. The first-order chi connectivity index (χ1) is 5.77. The lowest BCUT2D eigenvalue weighted by atomic mass is 10.3. The standard InChI is InChI=1S/C8H6BrN3/c9-8-5(10)4-7-6(12-8)2-1-3-11-7/h1-4H,10H2. The van der Waals surface area contributed by atoms with Crippen molar-refractivity contribution < 1.29 is 0 Å². The summed E-state index contributed by atoms with van der Waals surface area (Å²) >= 11 is 3.25. The molecule has 60 valence electrons. The molecular formula is C8H6BrN3. The molecule has 0 aliphatic rings. The van der Waals surface area contributed by atoms with Crippen LogP contribution >= 0.6 is 15.9 Å². The third-order valence-electron chi connectivity index (χ3n) is 1.57. The number of rotatable bonds is 0. The second-order valence-corrected chi connectivity index (χ2v) is 3.16. The summed E-state index contributed by atoms with van der Waals surface area (Å²) < 4.78 is 0.669. The zero-order valence-electron chi connectivity index (χ0n) is 6.16. The largest absolute Gasteiger partial charge is 0.396 e. The van der Waals surface area contributed by atoms with Gasteiger partial charge in [0.1, 0.15) is 4.60 Å². The molecule has 0 saturated carbocycles. The number of pyridine rings is 2. The molecule has 0 spiro atoms. The lowest BCUT2D eigenvalue weighted by Crippen LogP contribution is -1.91. The summed E-state index contributed by atoms with van der Waals surface area (Å²) in [7, 11) is 0. The first-order valence-electron chi connectivity index (χ1n) is 3.44. The van der Waals surface area contributed by atoms with Crippen molar-refractivity contribution in [2.24, 2.45) is 0 Å². The lowest BCUT2D eigenvalue weighted by Gasteiger charge is -1.99. The van der Waals surface area contributed by atoms with E-state index in [1.54, 1.807) is 12.3 Å². The number of hydrogen-bond donors (Lipinski definition) is 1. The van der Waals surface area contributed by atoms with Crippen molar-refractivity contribution in [2.45, 2.75) is 0 Å². The van der Waals surface area contributed by atoms with Crippen molar-refractivity contribution in [3.63, 3.8) is 0 Å². The van der Waals surface area contributed by atoms with Crippen molar-refractivity contribution in [3.05, 3.63) is 29.0 Å². The summed E-state index contributed by atoms with van der Waals surface area (Å²) in [6, 6.07) is 5.54. The predicted molar refractivity (Wildman–Crippen MR) is 51.7 cm³/mol. The zero-order valence-corrected chi connectivity index (χ0v) is 7.75. The van der Waals surface area contributed by atoms with Gasteiger partial charge < -0.3 is 5.73 Å². The fraction of sp³-hybridized carbons (Fsp3) is 0. The zero-order chi connectivity index (χ0) is 8.55. The van der Waals surface area contributed by atoms with Gasteiger partial charge in [-0.1, -0.05) is 0 Å². The highest BCUT2D eigenvalue weighted by molar-refractivity contribution is 9.10. The molecule has 0 fully saturated rings. The molecule has 4 heteroatoms. The highest BCUT2D eigenvalue weighted by Crippen LogP contribution is 2.20. The highest BCUT2D eigenvalue weighted by atomic mass is 79.9. The maximum absolute atomic E-state index is 5.64. The molecule has 0 atom stereocenters. The van der Waals surface area contributed by atoms with Gasteiger partial charge in [-0.3, -0.25) is 4.98 Å². The molecule has 0 aromatic carbocycles. The number of hydrogen-bond acceptors (Lipinski definition) is 3. The van der Waals surface area contributed by atoms with Crippen molar-refractivity contribution in [1.82, 2.24) is 9.97 Å². The van der Waals surface area contributed by atoms with E-state index in [9.17, 15) is 0 Å². The van der Waals surface area contributed by atoms with Gasteiger partial charge in [-0.25, -0.2) is 4.98 Å². The first kappa shape index (κ1) is 7.49. The van der Waals surface area contributed by atoms with Crippen LogP contribution in [0.2, 0.25) is 0 Å². The number of halogens is 1. The molecule has 0 amide bonds. The summed E-state index contributed by atoms with van der Waals surface area (Å²) in [5, 5.41) is 0. The van der Waals surface area contributed by atoms with Gasteiger partial charge in [-0.05, 0) is 34.1 Å². The van der Waals surface area contributed by atoms with E-state index in [0.717, 1.165) is 11.0 Å². The number of nitrogens with zero attached hydrogens (tertiary/aromatic N) is 2. The molecule has 0 unspecified atom stereocenters. The van der Waals surface area contributed by atoms with Crippen LogP contribution in [0.5, 0.6) is 0 Å². The molecule has 2 N–H and O–H groups in total. The summed E-state index contributed by atoms with van der Waals surface area (Å²) in [6.07, 6.45) is 1.72. The molecule has 2 aromatic rings. The van der Waals surface area contributed by atoms with Gasteiger partial charge in [0.2, 0.25) is 0 Å². The van der Waals surface area contributed by atoms with E-state index in [2.05, 4.69) is 25.9 Å². The number of anilines is 1. The molecule has 0 aliphatic carbocycles. The maximum Gasteiger partial charge on any atom is 0.129 e. The van der Waals surface area contributed by atoms with Crippen molar-refractivity contribution in [1.29, 1.82) is 0 Å². The van der Waals surface area contributed by atoms with Crippen LogP contribution in [-0.4, -0.2) is 9.97 Å². The van der Waals surface area contributed by atoms with Gasteiger partial charge in [0.05, 0.1) is 16.7 Å². The molecule has 3 nitrogen and oxygen atoms in total. The average molecular weight is 224 g/mol. The summed E-state index contributed by atoms with van der Waals surface area (Å²) in [5.41, 5.74) is 7.91. The Morgan fingerprint density at radius 3 is 3.00 bits per heavy atom. The topological polar surface area (TPSA) is 51.8 Å². The van der Waals surface area contributed by atoms with Crippen LogP contribution in [0.15, 0.2) is 29.0 Å². The van der Waals surface area contributed by atoms with Crippen molar-refractivity contribution in [3.8, 4) is 0 Å². The molecule has 0 bridgehead atoms. The molecule has 12 heavy (non-hydrogen) atoms. The summed E-state index contributed by atoms with van der Waals surface area (Å²) in [5.74, 6) is 0. The SMILES string of the molecule is Nc1cc2ncccc2nc1Br. The molecular weight excluding hydrogens is 218 g/mol. The van der Waals surface area contributed by atoms with E-state index in [1.807, 2.05) is 12.1 Å². The van der Waals surface area contributed by atoms with Crippen LogP contribution in [0.1, 0.15) is 0 Å². The predicted octanol–water partition coefficient (Wildman–Crippen LogP) is 1.97. The van der Waals surface area contributed by atoms with Crippen LogP contribution in [0.3, 0.4) is 0 Å². The van der Waals surface area contributed by atoms with Gasteiger partial charge in [0.25, 0.3) is 0 Å². The Morgan fingerprint density at radius 2 is 2.17 bits per heavy atom. The van der Waals surface area contributed by atoms with E-state index in [4.69, 9.17) is 5.73 Å². The fourth-order valence-electron chi connectivity index (χ4n) is 0.992. The number of fused-ring (bicyclic) bond motifs is 1. The van der Waals surface area contributed by atoms with Gasteiger partial charge >= 0.3 is 0 Å². The number of nitrogen functional groups attached to an aromatic ring is 1. The Kier molecular flexibility index (Phi) is 1.69. The normalized spacial score (nSPS) is 10.4.